The van der Waals surface area contributed by atoms with Crippen LogP contribution >= 0.6 is 0 Å². The number of hydrogen-bond donors (Lipinski definition) is 1. The van der Waals surface area contributed by atoms with Crippen molar-refractivity contribution in [2.75, 3.05) is 0 Å². The number of nitrogens with one attached hydrogen (secondary N) is 1. The van der Waals surface area contributed by atoms with Crippen LogP contribution < -0.4 is 10.1 Å². The van der Waals surface area contributed by atoms with E-state index in [-0.39, 0.29) is 23.3 Å². The number of nitriles is 1. The Balaban J connectivity index is 1.99. The molecule has 1 saturated carbocycles. The Kier molecular flexibility index (Phi) is 3.47. The van der Waals surface area contributed by atoms with Crippen LogP contribution in [0.3, 0.4) is 0 Å². The third kappa shape index (κ3) is 2.98. The van der Waals surface area contributed by atoms with E-state index in [9.17, 15) is 9.18 Å². The molecule has 4 nitrogen and oxygen atoms in total. The summed E-state index contributed by atoms with van der Waals surface area (Å²) in [6, 6.07) is 5.96. The molecule has 0 saturated heterocycles. The number of carbonyl (C=O) groups is 1. The largest absolute Gasteiger partial charge is 0.478 e. The Hall–Kier alpha value is -2.09. The van der Waals surface area contributed by atoms with E-state index in [0.717, 1.165) is 18.9 Å². The van der Waals surface area contributed by atoms with Gasteiger partial charge in [-0.25, -0.2) is 4.39 Å². The maximum Gasteiger partial charge on any atom is 0.260 e. The summed E-state index contributed by atoms with van der Waals surface area (Å²) >= 11 is 0. The lowest BCUT2D eigenvalue weighted by atomic mass is 10.2. The highest BCUT2D eigenvalue weighted by atomic mass is 19.1. The van der Waals surface area contributed by atoms with Crippen LogP contribution in [0.2, 0.25) is 0 Å². The van der Waals surface area contributed by atoms with Gasteiger partial charge in [-0.05, 0) is 38.0 Å². The number of rotatable bonds is 4. The van der Waals surface area contributed by atoms with Crippen molar-refractivity contribution in [1.82, 2.24) is 5.32 Å². The Morgan fingerprint density at radius 3 is 2.89 bits per heavy atom. The lowest BCUT2D eigenvalue weighted by molar-refractivity contribution is -0.127. The molecule has 1 N–H and O–H groups in total. The van der Waals surface area contributed by atoms with Gasteiger partial charge in [-0.3, -0.25) is 4.79 Å². The van der Waals surface area contributed by atoms with Gasteiger partial charge in [0.15, 0.2) is 17.7 Å². The topological polar surface area (TPSA) is 62.1 Å². The van der Waals surface area contributed by atoms with Crippen molar-refractivity contribution in [2.24, 2.45) is 0 Å². The van der Waals surface area contributed by atoms with Gasteiger partial charge < -0.3 is 10.1 Å². The number of ether oxygens (including phenoxy) is 1. The zero-order chi connectivity index (χ0) is 13.1. The van der Waals surface area contributed by atoms with E-state index in [0.29, 0.717) is 0 Å². The number of amides is 1. The first kappa shape index (κ1) is 12.4. The van der Waals surface area contributed by atoms with Gasteiger partial charge in [-0.2, -0.15) is 5.26 Å². The standard InChI is InChI=1S/C13H13FN2O2/c1-8(13(17)16-10-3-4-10)18-12-5-2-9(7-15)6-11(12)14/h2,5-6,8,10H,3-4H2,1H3,(H,16,17). The second kappa shape index (κ2) is 5.05. The second-order valence-electron chi connectivity index (χ2n) is 4.30. The van der Waals surface area contributed by atoms with E-state index >= 15 is 0 Å². The fourth-order valence-electron chi connectivity index (χ4n) is 1.46. The van der Waals surface area contributed by atoms with Crippen molar-refractivity contribution in [3.8, 4) is 11.8 Å². The highest BCUT2D eigenvalue weighted by Crippen LogP contribution is 2.21. The summed E-state index contributed by atoms with van der Waals surface area (Å²) in [4.78, 5) is 11.6. The van der Waals surface area contributed by atoms with Gasteiger partial charge in [0.05, 0.1) is 11.6 Å². The maximum atomic E-state index is 13.5. The van der Waals surface area contributed by atoms with Gasteiger partial charge in [-0.1, -0.05) is 0 Å². The van der Waals surface area contributed by atoms with Crippen LogP contribution in [0.1, 0.15) is 25.3 Å². The molecule has 0 bridgehead atoms. The zero-order valence-electron chi connectivity index (χ0n) is 9.94. The van der Waals surface area contributed by atoms with Gasteiger partial charge in [0.1, 0.15) is 0 Å². The molecule has 94 valence electrons. The minimum Gasteiger partial charge on any atom is -0.478 e. The van der Waals surface area contributed by atoms with Crippen LogP contribution in [0, 0.1) is 17.1 Å². The van der Waals surface area contributed by atoms with E-state index in [1.165, 1.54) is 12.1 Å². The second-order valence-corrected chi connectivity index (χ2v) is 4.30. The van der Waals surface area contributed by atoms with E-state index in [1.54, 1.807) is 6.92 Å². The monoisotopic (exact) mass is 248 g/mol. The predicted octanol–water partition coefficient (Wildman–Crippen LogP) is 1.74. The molecule has 5 heteroatoms. The first-order valence-electron chi connectivity index (χ1n) is 5.77. The van der Waals surface area contributed by atoms with Gasteiger partial charge >= 0.3 is 0 Å². The highest BCUT2D eigenvalue weighted by molar-refractivity contribution is 5.81. The van der Waals surface area contributed by atoms with Crippen LogP contribution in [0.25, 0.3) is 0 Å². The molecule has 1 aliphatic rings. The van der Waals surface area contributed by atoms with Crippen molar-refractivity contribution in [3.63, 3.8) is 0 Å². The maximum absolute atomic E-state index is 13.5. The SMILES string of the molecule is CC(Oc1ccc(C#N)cc1F)C(=O)NC1CC1. The fourth-order valence-corrected chi connectivity index (χ4v) is 1.46. The molecular formula is C13H13FN2O2. The summed E-state index contributed by atoms with van der Waals surface area (Å²) in [5, 5.41) is 11.4. The van der Waals surface area contributed by atoms with E-state index in [2.05, 4.69) is 5.32 Å². The van der Waals surface area contributed by atoms with Crippen LogP contribution in [0.5, 0.6) is 5.75 Å². The molecule has 1 aromatic rings. The summed E-state index contributed by atoms with van der Waals surface area (Å²) in [5.41, 5.74) is 0.218. The average molecular weight is 248 g/mol. The number of carbonyl (C=O) groups excluding carboxylic acids is 1. The number of nitrogens with zero attached hydrogens (tertiary/aromatic N) is 1. The molecule has 1 fully saturated rings. The molecular weight excluding hydrogens is 235 g/mol. The number of benzene rings is 1. The normalized spacial score (nSPS) is 15.6. The predicted molar refractivity (Wildman–Crippen MR) is 62.4 cm³/mol. The van der Waals surface area contributed by atoms with Crippen molar-refractivity contribution in [2.45, 2.75) is 31.9 Å². The molecule has 1 atom stereocenters. The average Bonchev–Trinajstić information content (AvgIpc) is 3.15. The Morgan fingerprint density at radius 1 is 1.61 bits per heavy atom. The van der Waals surface area contributed by atoms with E-state index in [1.807, 2.05) is 6.07 Å². The quantitative estimate of drug-likeness (QED) is 0.882. The molecule has 0 spiro atoms. The van der Waals surface area contributed by atoms with E-state index in [4.69, 9.17) is 10.00 Å². The van der Waals surface area contributed by atoms with Gasteiger partial charge in [0.25, 0.3) is 5.91 Å². The van der Waals surface area contributed by atoms with Gasteiger partial charge in [0.2, 0.25) is 0 Å². The lowest BCUT2D eigenvalue weighted by Crippen LogP contribution is -2.37. The number of hydrogen-bond acceptors (Lipinski definition) is 3. The van der Waals surface area contributed by atoms with Crippen molar-refractivity contribution in [1.29, 1.82) is 5.26 Å². The lowest BCUT2D eigenvalue weighted by Gasteiger charge is -2.14. The third-order valence-corrected chi connectivity index (χ3v) is 2.66. The fraction of sp³-hybridized carbons (Fsp3) is 0.385. The Bertz CT molecular complexity index is 506. The summed E-state index contributed by atoms with van der Waals surface area (Å²) in [6.45, 7) is 1.56. The minimum atomic E-state index is -0.756. The molecule has 1 aromatic carbocycles. The molecule has 1 amide bonds. The van der Waals surface area contributed by atoms with Crippen molar-refractivity contribution in [3.05, 3.63) is 29.6 Å². The van der Waals surface area contributed by atoms with Crippen LogP contribution in [0.4, 0.5) is 4.39 Å². The molecule has 0 heterocycles. The minimum absolute atomic E-state index is 0.0209. The summed E-state index contributed by atoms with van der Waals surface area (Å²) < 4.78 is 18.8. The third-order valence-electron chi connectivity index (χ3n) is 2.66. The van der Waals surface area contributed by atoms with Crippen LogP contribution in [-0.4, -0.2) is 18.1 Å². The molecule has 0 radical (unpaired) electrons. The Labute approximate surface area is 104 Å². The summed E-state index contributed by atoms with van der Waals surface area (Å²) in [5.74, 6) is -0.908. The number of halogens is 1. The van der Waals surface area contributed by atoms with Crippen molar-refractivity contribution >= 4 is 5.91 Å². The summed E-state index contributed by atoms with van der Waals surface area (Å²) in [7, 11) is 0. The van der Waals surface area contributed by atoms with Gasteiger partial charge in [-0.15, -0.1) is 0 Å². The van der Waals surface area contributed by atoms with Crippen LogP contribution in [-0.2, 0) is 4.79 Å². The zero-order valence-corrected chi connectivity index (χ0v) is 9.94. The molecule has 1 aliphatic carbocycles. The highest BCUT2D eigenvalue weighted by Gasteiger charge is 2.26. The molecule has 18 heavy (non-hydrogen) atoms. The van der Waals surface area contributed by atoms with Gasteiger partial charge in [0, 0.05) is 6.04 Å². The first-order chi connectivity index (χ1) is 8.60. The smallest absolute Gasteiger partial charge is 0.260 e. The molecule has 2 rings (SSSR count). The molecule has 1 unspecified atom stereocenters. The Morgan fingerprint density at radius 2 is 2.33 bits per heavy atom. The summed E-state index contributed by atoms with van der Waals surface area (Å²) in [6.07, 6.45) is 1.22. The molecule has 0 aromatic heterocycles. The van der Waals surface area contributed by atoms with Crippen LogP contribution in [0.15, 0.2) is 18.2 Å². The van der Waals surface area contributed by atoms with E-state index < -0.39 is 11.9 Å². The first-order valence-corrected chi connectivity index (χ1v) is 5.77. The van der Waals surface area contributed by atoms with Crippen molar-refractivity contribution < 1.29 is 13.9 Å². The molecule has 0 aliphatic heterocycles.